The van der Waals surface area contributed by atoms with E-state index in [1.807, 2.05) is 6.92 Å². The number of nitrogens with one attached hydrogen (secondary N) is 1. The van der Waals surface area contributed by atoms with Gasteiger partial charge in [-0.25, -0.2) is 0 Å². The van der Waals surface area contributed by atoms with Crippen molar-refractivity contribution >= 4 is 23.6 Å². The fourth-order valence-corrected chi connectivity index (χ4v) is 2.19. The Morgan fingerprint density at radius 3 is 2.61 bits per heavy atom. The summed E-state index contributed by atoms with van der Waals surface area (Å²) < 4.78 is 4.78. The maximum Gasteiger partial charge on any atom is 0.323 e. The van der Waals surface area contributed by atoms with E-state index in [9.17, 15) is 9.59 Å². The second-order valence-corrected chi connectivity index (χ2v) is 5.16. The van der Waals surface area contributed by atoms with Crippen LogP contribution in [0.3, 0.4) is 0 Å². The summed E-state index contributed by atoms with van der Waals surface area (Å²) in [5.41, 5.74) is 5.61. The Morgan fingerprint density at radius 1 is 1.39 bits per heavy atom. The van der Waals surface area contributed by atoms with Crippen molar-refractivity contribution in [2.75, 3.05) is 18.1 Å². The Hall–Kier alpha value is -0.750. The number of rotatable bonds is 9. The van der Waals surface area contributed by atoms with E-state index >= 15 is 0 Å². The molecule has 5 nitrogen and oxygen atoms in total. The first-order chi connectivity index (χ1) is 8.51. The van der Waals surface area contributed by atoms with Gasteiger partial charge in [-0.05, 0) is 20.3 Å². The van der Waals surface area contributed by atoms with Crippen molar-refractivity contribution in [3.05, 3.63) is 0 Å². The monoisotopic (exact) mass is 276 g/mol. The second-order valence-electron chi connectivity index (χ2n) is 4.13. The zero-order valence-corrected chi connectivity index (χ0v) is 12.2. The Kier molecular flexibility index (Phi) is 9.77. The van der Waals surface area contributed by atoms with Gasteiger partial charge in [0.05, 0.1) is 12.4 Å². The normalized spacial score (nSPS) is 13.8. The molecule has 0 fully saturated rings. The first-order valence-electron chi connectivity index (χ1n) is 6.30. The van der Waals surface area contributed by atoms with Crippen LogP contribution in [0.4, 0.5) is 0 Å². The molecule has 106 valence electrons. The van der Waals surface area contributed by atoms with Crippen LogP contribution in [0.1, 0.15) is 33.6 Å². The first-order valence-corrected chi connectivity index (χ1v) is 7.46. The molecule has 0 rings (SSSR count). The van der Waals surface area contributed by atoms with E-state index < -0.39 is 12.0 Å². The summed E-state index contributed by atoms with van der Waals surface area (Å²) in [5, 5.41) is 2.89. The van der Waals surface area contributed by atoms with E-state index in [1.54, 1.807) is 6.92 Å². The minimum atomic E-state index is -0.657. The maximum atomic E-state index is 11.5. The Balaban J connectivity index is 3.70. The molecule has 0 saturated carbocycles. The van der Waals surface area contributed by atoms with Crippen molar-refractivity contribution in [2.45, 2.75) is 45.7 Å². The number of esters is 1. The summed E-state index contributed by atoms with van der Waals surface area (Å²) in [4.78, 5) is 22.7. The highest BCUT2D eigenvalue weighted by Crippen LogP contribution is 2.03. The largest absolute Gasteiger partial charge is 0.465 e. The van der Waals surface area contributed by atoms with Crippen molar-refractivity contribution in [2.24, 2.45) is 5.73 Å². The van der Waals surface area contributed by atoms with E-state index in [2.05, 4.69) is 12.2 Å². The molecule has 0 bridgehead atoms. The van der Waals surface area contributed by atoms with Gasteiger partial charge < -0.3 is 15.8 Å². The summed E-state index contributed by atoms with van der Waals surface area (Å²) in [6.07, 6.45) is 2.01. The predicted molar refractivity (Wildman–Crippen MR) is 74.4 cm³/mol. The number of amides is 1. The average molecular weight is 276 g/mol. The van der Waals surface area contributed by atoms with Crippen LogP contribution in [0.2, 0.25) is 0 Å². The minimum absolute atomic E-state index is 0.0167. The molecule has 1 amide bonds. The molecule has 0 aliphatic heterocycles. The highest BCUT2D eigenvalue weighted by atomic mass is 32.2. The van der Waals surface area contributed by atoms with Crippen LogP contribution in [-0.2, 0) is 14.3 Å². The third kappa shape index (κ3) is 8.36. The van der Waals surface area contributed by atoms with Crippen molar-refractivity contribution in [3.63, 3.8) is 0 Å². The van der Waals surface area contributed by atoms with Crippen LogP contribution in [0.25, 0.3) is 0 Å². The fraction of sp³-hybridized carbons (Fsp3) is 0.833. The summed E-state index contributed by atoms with van der Waals surface area (Å²) in [6, 6.07) is -0.461. The van der Waals surface area contributed by atoms with Gasteiger partial charge in [0.25, 0.3) is 0 Å². The lowest BCUT2D eigenvalue weighted by atomic mass is 10.2. The Bertz CT molecular complexity index is 262. The first kappa shape index (κ1) is 17.2. The summed E-state index contributed by atoms with van der Waals surface area (Å²) in [7, 11) is 0. The maximum absolute atomic E-state index is 11.5. The lowest BCUT2D eigenvalue weighted by Crippen LogP contribution is -2.36. The van der Waals surface area contributed by atoms with Crippen LogP contribution in [0.5, 0.6) is 0 Å². The molecule has 0 radical (unpaired) electrons. The van der Waals surface area contributed by atoms with Crippen molar-refractivity contribution < 1.29 is 14.3 Å². The van der Waals surface area contributed by atoms with Gasteiger partial charge in [0.2, 0.25) is 5.91 Å². The zero-order valence-electron chi connectivity index (χ0n) is 11.4. The number of hydrogen-bond donors (Lipinski definition) is 2. The molecule has 0 aromatic rings. The van der Waals surface area contributed by atoms with Crippen LogP contribution >= 0.6 is 11.8 Å². The molecule has 0 aliphatic carbocycles. The molecule has 0 aromatic heterocycles. The number of ether oxygens (including phenoxy) is 1. The quantitative estimate of drug-likeness (QED) is 0.612. The molecule has 3 N–H and O–H groups in total. The number of thioether (sulfide) groups is 1. The third-order valence-corrected chi connectivity index (χ3v) is 3.31. The molecule has 0 saturated heterocycles. The number of carbonyl (C=O) groups is 2. The van der Waals surface area contributed by atoms with Crippen molar-refractivity contribution in [3.8, 4) is 0 Å². The number of nitrogens with two attached hydrogens (primary N) is 1. The minimum Gasteiger partial charge on any atom is -0.465 e. The van der Waals surface area contributed by atoms with Gasteiger partial charge in [-0.2, -0.15) is 0 Å². The topological polar surface area (TPSA) is 81.4 Å². The Morgan fingerprint density at radius 2 is 2.06 bits per heavy atom. The van der Waals surface area contributed by atoms with Gasteiger partial charge in [-0.15, -0.1) is 11.8 Å². The van der Waals surface area contributed by atoms with Crippen LogP contribution in [0, 0.1) is 0 Å². The van der Waals surface area contributed by atoms with Gasteiger partial charge in [0, 0.05) is 11.8 Å². The lowest BCUT2D eigenvalue weighted by molar-refractivity contribution is -0.144. The van der Waals surface area contributed by atoms with Crippen LogP contribution in [0.15, 0.2) is 0 Å². The van der Waals surface area contributed by atoms with Crippen molar-refractivity contribution in [1.82, 2.24) is 5.32 Å². The van der Waals surface area contributed by atoms with Gasteiger partial charge >= 0.3 is 5.97 Å². The molecule has 0 aromatic carbocycles. The standard InChI is InChI=1S/C12H24N2O3S/c1-4-6-9(3)14-11(15)8-18-7-10(13)12(16)17-5-2/h9-10H,4-8,13H2,1-3H3,(H,14,15). The second kappa shape index (κ2) is 10.2. The molecule has 2 unspecified atom stereocenters. The highest BCUT2D eigenvalue weighted by Gasteiger charge is 2.15. The van der Waals surface area contributed by atoms with E-state index in [1.165, 1.54) is 11.8 Å². The molecule has 0 heterocycles. The summed E-state index contributed by atoms with van der Waals surface area (Å²) >= 11 is 1.35. The molecule has 0 aliphatic rings. The summed E-state index contributed by atoms with van der Waals surface area (Å²) in [5.74, 6) is 0.289. The van der Waals surface area contributed by atoms with E-state index in [4.69, 9.17) is 10.5 Å². The number of hydrogen-bond acceptors (Lipinski definition) is 5. The molecule has 2 atom stereocenters. The zero-order chi connectivity index (χ0) is 14.0. The molecule has 0 spiro atoms. The predicted octanol–water partition coefficient (Wildman–Crippen LogP) is 0.915. The van der Waals surface area contributed by atoms with Crippen LogP contribution < -0.4 is 11.1 Å². The smallest absolute Gasteiger partial charge is 0.323 e. The fourth-order valence-electron chi connectivity index (χ4n) is 1.42. The molecule has 6 heteroatoms. The lowest BCUT2D eigenvalue weighted by Gasteiger charge is -2.13. The van der Waals surface area contributed by atoms with Gasteiger partial charge in [0.15, 0.2) is 0 Å². The van der Waals surface area contributed by atoms with Gasteiger partial charge in [0.1, 0.15) is 6.04 Å². The highest BCUT2D eigenvalue weighted by molar-refractivity contribution is 8.00. The Labute approximate surface area is 113 Å². The number of carbonyl (C=O) groups excluding carboxylic acids is 2. The summed E-state index contributed by atoms with van der Waals surface area (Å²) in [6.45, 7) is 6.12. The van der Waals surface area contributed by atoms with Gasteiger partial charge in [-0.1, -0.05) is 13.3 Å². The molecular weight excluding hydrogens is 252 g/mol. The van der Waals surface area contributed by atoms with Gasteiger partial charge in [-0.3, -0.25) is 9.59 Å². The third-order valence-electron chi connectivity index (χ3n) is 2.25. The van der Waals surface area contributed by atoms with E-state index in [-0.39, 0.29) is 11.9 Å². The average Bonchev–Trinajstić information content (AvgIpc) is 2.29. The van der Waals surface area contributed by atoms with Crippen molar-refractivity contribution in [1.29, 1.82) is 0 Å². The molecule has 18 heavy (non-hydrogen) atoms. The molecular formula is C12H24N2O3S. The van der Waals surface area contributed by atoms with E-state index in [0.29, 0.717) is 18.1 Å². The van der Waals surface area contributed by atoms with E-state index in [0.717, 1.165) is 12.8 Å². The van der Waals surface area contributed by atoms with Crippen LogP contribution in [-0.4, -0.2) is 42.1 Å². The SMILES string of the molecule is CCCC(C)NC(=O)CSCC(N)C(=O)OCC.